The Kier molecular flexibility index (Phi) is 5.49. The highest BCUT2D eigenvalue weighted by molar-refractivity contribution is 9.10. The zero-order valence-corrected chi connectivity index (χ0v) is 13.2. The van der Waals surface area contributed by atoms with E-state index in [1.54, 1.807) is 0 Å². The number of rotatable bonds is 6. The lowest BCUT2D eigenvalue weighted by Gasteiger charge is -2.18. The lowest BCUT2D eigenvalue weighted by Crippen LogP contribution is -2.29. The highest BCUT2D eigenvalue weighted by Gasteiger charge is 2.26. The molecular weight excluding hydrogens is 357 g/mol. The zero-order chi connectivity index (χ0) is 15.5. The second kappa shape index (κ2) is 6.51. The van der Waals surface area contributed by atoms with Crippen molar-refractivity contribution in [3.63, 3.8) is 0 Å². The summed E-state index contributed by atoms with van der Waals surface area (Å²) in [5.41, 5.74) is 0. The molecule has 1 rings (SSSR count). The molecule has 0 radical (unpaired) electrons. The molecule has 0 fully saturated rings. The number of aliphatic carboxylic acids is 1. The molecule has 0 unspecified atom stereocenters. The molecule has 0 saturated carbocycles. The third-order valence-corrected chi connectivity index (χ3v) is 5.02. The molecule has 6 nitrogen and oxygen atoms in total. The normalized spacial score (nSPS) is 11.7. The van der Waals surface area contributed by atoms with E-state index in [-0.39, 0.29) is 28.1 Å². The first-order chi connectivity index (χ1) is 9.20. The van der Waals surface area contributed by atoms with Gasteiger partial charge >= 0.3 is 5.97 Å². The molecule has 1 aromatic carbocycles. The number of methoxy groups -OCH3 is 1. The van der Waals surface area contributed by atoms with Gasteiger partial charge in [0.25, 0.3) is 0 Å². The zero-order valence-electron chi connectivity index (χ0n) is 10.8. The van der Waals surface area contributed by atoms with Crippen LogP contribution in [-0.4, -0.2) is 44.5 Å². The van der Waals surface area contributed by atoms with Crippen LogP contribution in [0.15, 0.2) is 21.5 Å². The maximum Gasteiger partial charge on any atom is 0.304 e. The van der Waals surface area contributed by atoms with Crippen molar-refractivity contribution >= 4 is 31.9 Å². The lowest BCUT2D eigenvalue weighted by molar-refractivity contribution is -0.137. The van der Waals surface area contributed by atoms with Gasteiger partial charge in [0, 0.05) is 13.6 Å². The van der Waals surface area contributed by atoms with E-state index in [9.17, 15) is 17.6 Å². The summed E-state index contributed by atoms with van der Waals surface area (Å²) in [7, 11) is -1.55. The average Bonchev–Trinajstić information content (AvgIpc) is 2.38. The predicted molar refractivity (Wildman–Crippen MR) is 72.7 cm³/mol. The molecule has 0 aromatic heterocycles. The molecule has 0 atom stereocenters. The van der Waals surface area contributed by atoms with Crippen LogP contribution in [-0.2, 0) is 14.8 Å². The standard InChI is InChI=1S/C11H13BrFNO5S/c1-14(4-3-11(15)16)20(17,18)10-6-8(13)7(12)5-9(10)19-2/h5-6H,3-4H2,1-2H3,(H,15,16). The fourth-order valence-electron chi connectivity index (χ4n) is 1.41. The average molecular weight is 370 g/mol. The van der Waals surface area contributed by atoms with Gasteiger partial charge in [0.05, 0.1) is 18.0 Å². The van der Waals surface area contributed by atoms with Gasteiger partial charge in [-0.05, 0) is 28.1 Å². The number of carboxylic acid groups (broad SMARTS) is 1. The third-order valence-electron chi connectivity index (χ3n) is 2.54. The van der Waals surface area contributed by atoms with Gasteiger partial charge in [0.2, 0.25) is 10.0 Å². The van der Waals surface area contributed by atoms with Gasteiger partial charge in [-0.2, -0.15) is 0 Å². The number of halogens is 2. The van der Waals surface area contributed by atoms with Gasteiger partial charge in [0.1, 0.15) is 16.5 Å². The minimum Gasteiger partial charge on any atom is -0.495 e. The maximum absolute atomic E-state index is 13.5. The first-order valence-corrected chi connectivity index (χ1v) is 7.64. The highest BCUT2D eigenvalue weighted by Crippen LogP contribution is 2.31. The molecule has 0 spiro atoms. The molecule has 1 N–H and O–H groups in total. The molecule has 0 bridgehead atoms. The Morgan fingerprint density at radius 3 is 2.60 bits per heavy atom. The Bertz CT molecular complexity index is 619. The summed E-state index contributed by atoms with van der Waals surface area (Å²) < 4.78 is 43.9. The fraction of sp³-hybridized carbons (Fsp3) is 0.364. The summed E-state index contributed by atoms with van der Waals surface area (Å²) in [5.74, 6) is -1.91. The smallest absolute Gasteiger partial charge is 0.304 e. The van der Waals surface area contributed by atoms with Crippen LogP contribution in [0.4, 0.5) is 4.39 Å². The Hall–Kier alpha value is -1.19. The van der Waals surface area contributed by atoms with Gasteiger partial charge in [-0.3, -0.25) is 4.79 Å². The summed E-state index contributed by atoms with van der Waals surface area (Å²) in [6.07, 6.45) is -0.350. The first-order valence-electron chi connectivity index (χ1n) is 5.41. The quantitative estimate of drug-likeness (QED) is 0.824. The minimum atomic E-state index is -4.03. The lowest BCUT2D eigenvalue weighted by atomic mass is 10.3. The molecule has 9 heteroatoms. The minimum absolute atomic E-state index is 0.0274. The number of hydrogen-bond acceptors (Lipinski definition) is 4. The molecule has 20 heavy (non-hydrogen) atoms. The topological polar surface area (TPSA) is 83.9 Å². The number of benzene rings is 1. The summed E-state index contributed by atoms with van der Waals surface area (Å²) in [5, 5.41) is 8.57. The number of sulfonamides is 1. The van der Waals surface area contributed by atoms with Crippen LogP contribution >= 0.6 is 15.9 Å². The Morgan fingerprint density at radius 1 is 1.50 bits per heavy atom. The second-order valence-corrected chi connectivity index (χ2v) is 6.76. The first kappa shape index (κ1) is 16.9. The van der Waals surface area contributed by atoms with E-state index in [0.717, 1.165) is 10.4 Å². The van der Waals surface area contributed by atoms with E-state index < -0.39 is 21.8 Å². The van der Waals surface area contributed by atoms with Gasteiger partial charge in [-0.15, -0.1) is 0 Å². The van der Waals surface area contributed by atoms with Crippen molar-refractivity contribution in [1.82, 2.24) is 4.31 Å². The molecule has 0 aliphatic carbocycles. The van der Waals surface area contributed by atoms with E-state index in [1.807, 2.05) is 0 Å². The number of carbonyl (C=O) groups is 1. The van der Waals surface area contributed by atoms with Crippen molar-refractivity contribution in [2.45, 2.75) is 11.3 Å². The van der Waals surface area contributed by atoms with Gasteiger partial charge in [-0.1, -0.05) is 0 Å². The maximum atomic E-state index is 13.5. The van der Waals surface area contributed by atoms with Crippen LogP contribution < -0.4 is 4.74 Å². The SMILES string of the molecule is COc1cc(Br)c(F)cc1S(=O)(=O)N(C)CCC(=O)O. The molecule has 0 aliphatic heterocycles. The molecule has 1 aromatic rings. The molecule has 0 heterocycles. The molecule has 112 valence electrons. The van der Waals surface area contributed by atoms with E-state index in [4.69, 9.17) is 9.84 Å². The van der Waals surface area contributed by atoms with Crippen LogP contribution in [0.3, 0.4) is 0 Å². The summed E-state index contributed by atoms with van der Waals surface area (Å²) >= 11 is 2.93. The van der Waals surface area contributed by atoms with Crippen molar-refractivity contribution < 1.29 is 27.4 Å². The van der Waals surface area contributed by atoms with Crippen LogP contribution in [0.2, 0.25) is 0 Å². The fourth-order valence-corrected chi connectivity index (χ4v) is 3.05. The molecule has 0 amide bonds. The van der Waals surface area contributed by atoms with Crippen molar-refractivity contribution in [3.8, 4) is 5.75 Å². The van der Waals surface area contributed by atoms with Gasteiger partial charge in [0.15, 0.2) is 0 Å². The molecular formula is C11H13BrFNO5S. The monoisotopic (exact) mass is 369 g/mol. The second-order valence-electron chi connectivity index (χ2n) is 3.89. The van der Waals surface area contributed by atoms with E-state index in [2.05, 4.69) is 15.9 Å². The van der Waals surface area contributed by atoms with Crippen LogP contribution in [0.5, 0.6) is 5.75 Å². The number of hydrogen-bond donors (Lipinski definition) is 1. The third kappa shape index (κ3) is 3.68. The van der Waals surface area contributed by atoms with E-state index in [1.165, 1.54) is 20.2 Å². The van der Waals surface area contributed by atoms with Crippen molar-refractivity contribution in [2.75, 3.05) is 20.7 Å². The largest absolute Gasteiger partial charge is 0.495 e. The summed E-state index contributed by atoms with van der Waals surface area (Å²) in [4.78, 5) is 10.1. The van der Waals surface area contributed by atoms with Crippen molar-refractivity contribution in [2.24, 2.45) is 0 Å². The van der Waals surface area contributed by atoms with Crippen LogP contribution in [0, 0.1) is 5.82 Å². The summed E-state index contributed by atoms with van der Waals surface area (Å²) in [6, 6.07) is 2.03. The van der Waals surface area contributed by atoms with Crippen LogP contribution in [0.1, 0.15) is 6.42 Å². The Morgan fingerprint density at radius 2 is 2.10 bits per heavy atom. The number of nitrogens with zero attached hydrogens (tertiary/aromatic N) is 1. The Balaban J connectivity index is 3.21. The van der Waals surface area contributed by atoms with Crippen molar-refractivity contribution in [3.05, 3.63) is 22.4 Å². The van der Waals surface area contributed by atoms with Crippen molar-refractivity contribution in [1.29, 1.82) is 0 Å². The molecule has 0 aliphatic rings. The van der Waals surface area contributed by atoms with Gasteiger partial charge < -0.3 is 9.84 Å². The summed E-state index contributed by atoms with van der Waals surface area (Å²) in [6.45, 7) is -0.224. The predicted octanol–water partition coefficient (Wildman–Crippen LogP) is 1.69. The molecule has 0 saturated heterocycles. The van der Waals surface area contributed by atoms with Crippen LogP contribution in [0.25, 0.3) is 0 Å². The Labute approximate surface area is 124 Å². The number of carboxylic acids is 1. The van der Waals surface area contributed by atoms with E-state index >= 15 is 0 Å². The van der Waals surface area contributed by atoms with Gasteiger partial charge in [-0.25, -0.2) is 17.1 Å². The van der Waals surface area contributed by atoms with E-state index in [0.29, 0.717) is 0 Å². The number of ether oxygens (including phenoxy) is 1. The highest BCUT2D eigenvalue weighted by atomic mass is 79.9.